The van der Waals surface area contributed by atoms with Crippen molar-refractivity contribution in [2.75, 3.05) is 19.0 Å². The first-order chi connectivity index (χ1) is 14.3. The second kappa shape index (κ2) is 8.52. The highest BCUT2D eigenvalue weighted by atomic mass is 32.2. The maximum Gasteiger partial charge on any atom is 0.236 e. The molecule has 0 saturated carbocycles. The predicted molar refractivity (Wildman–Crippen MR) is 124 cm³/mol. The molecule has 4 aromatic rings. The molecule has 0 bridgehead atoms. The summed E-state index contributed by atoms with van der Waals surface area (Å²) in [5, 5.41) is 9.52. The summed E-state index contributed by atoms with van der Waals surface area (Å²) in [6, 6.07) is 10.6. The fourth-order valence-electron chi connectivity index (χ4n) is 3.64. The molecule has 0 aliphatic carbocycles. The van der Waals surface area contributed by atoms with Crippen molar-refractivity contribution in [1.29, 1.82) is 0 Å². The van der Waals surface area contributed by atoms with Crippen LogP contribution in [-0.4, -0.2) is 29.3 Å². The molecule has 4 nitrogen and oxygen atoms in total. The second-order valence-corrected chi connectivity index (χ2v) is 10.2. The number of oxazole rings is 1. The number of nitrogens with zero attached hydrogens (tertiary/aromatic N) is 1. The molecule has 5 rings (SSSR count). The highest BCUT2D eigenvalue weighted by Gasteiger charge is 2.18. The first-order valence-electron chi connectivity index (χ1n) is 9.72. The van der Waals surface area contributed by atoms with Gasteiger partial charge in [0.25, 0.3) is 0 Å². The second-order valence-electron chi connectivity index (χ2n) is 7.08. The van der Waals surface area contributed by atoms with E-state index in [4.69, 9.17) is 9.15 Å². The molecular weight excluding hydrogens is 420 g/mol. The molecular formula is C22H22N2O2S3. The Labute approximate surface area is 182 Å². The van der Waals surface area contributed by atoms with Crippen LogP contribution in [0.3, 0.4) is 0 Å². The van der Waals surface area contributed by atoms with Gasteiger partial charge < -0.3 is 14.5 Å². The summed E-state index contributed by atoms with van der Waals surface area (Å²) in [5.74, 6) is 3.60. The average molecular weight is 443 g/mol. The van der Waals surface area contributed by atoms with Gasteiger partial charge in [-0.05, 0) is 47.9 Å². The Morgan fingerprint density at radius 2 is 2.17 bits per heavy atom. The zero-order chi connectivity index (χ0) is 19.6. The Morgan fingerprint density at radius 1 is 1.21 bits per heavy atom. The smallest absolute Gasteiger partial charge is 0.236 e. The lowest BCUT2D eigenvalue weighted by molar-refractivity contribution is 0.323. The standard InChI is InChI=1S/C22H22N2O2S3/c1-14-18(24-22(26-14)20-3-2-9-27-20)6-8-25-19-5-4-15(11-16-12-23-13-29-16)21-17(19)7-10-28-21/h2-5,7,9-10,16,23H,6,8,11-13H2,1H3. The Hall–Kier alpha value is -1.80. The Morgan fingerprint density at radius 3 is 3.00 bits per heavy atom. The van der Waals surface area contributed by atoms with Crippen LogP contribution in [0.1, 0.15) is 17.0 Å². The molecule has 1 fully saturated rings. The number of fused-ring (bicyclic) bond motifs is 1. The monoisotopic (exact) mass is 442 g/mol. The van der Waals surface area contributed by atoms with E-state index in [1.165, 1.54) is 15.6 Å². The van der Waals surface area contributed by atoms with Crippen molar-refractivity contribution >= 4 is 44.5 Å². The van der Waals surface area contributed by atoms with Crippen LogP contribution in [0.15, 0.2) is 45.5 Å². The molecule has 150 valence electrons. The summed E-state index contributed by atoms with van der Waals surface area (Å²) in [6.07, 6.45) is 1.84. The summed E-state index contributed by atoms with van der Waals surface area (Å²) in [4.78, 5) is 5.73. The van der Waals surface area contributed by atoms with E-state index in [1.807, 2.05) is 47.5 Å². The maximum atomic E-state index is 6.17. The third kappa shape index (κ3) is 4.10. The molecule has 1 aliphatic rings. The minimum absolute atomic E-state index is 0.587. The molecule has 4 heterocycles. The summed E-state index contributed by atoms with van der Waals surface area (Å²) >= 11 is 5.47. The Kier molecular flexibility index (Phi) is 5.63. The number of hydrogen-bond acceptors (Lipinski definition) is 7. The van der Waals surface area contributed by atoms with Crippen molar-refractivity contribution in [3.8, 4) is 16.5 Å². The SMILES string of the molecule is Cc1oc(-c2cccs2)nc1CCOc1ccc(CC2CNCS2)c2sccc12. The van der Waals surface area contributed by atoms with Gasteiger partial charge in [-0.3, -0.25) is 0 Å². The molecule has 0 radical (unpaired) electrons. The van der Waals surface area contributed by atoms with Crippen molar-refractivity contribution in [3.05, 3.63) is 58.1 Å². The first-order valence-corrected chi connectivity index (χ1v) is 12.5. The lowest BCUT2D eigenvalue weighted by Crippen LogP contribution is -2.14. The number of rotatable bonds is 7. The Bertz CT molecular complexity index is 1090. The third-order valence-corrected chi connectivity index (χ3v) is 8.14. The number of aryl methyl sites for hydroxylation is 1. The summed E-state index contributed by atoms with van der Waals surface area (Å²) in [5.41, 5.74) is 2.40. The highest BCUT2D eigenvalue weighted by Crippen LogP contribution is 2.35. The van der Waals surface area contributed by atoms with Crippen LogP contribution < -0.4 is 10.1 Å². The Balaban J connectivity index is 1.27. The van der Waals surface area contributed by atoms with Gasteiger partial charge in [-0.2, -0.15) is 0 Å². The molecule has 1 N–H and O–H groups in total. The van der Waals surface area contributed by atoms with Crippen LogP contribution in [0, 0.1) is 6.92 Å². The zero-order valence-corrected chi connectivity index (χ0v) is 18.6. The van der Waals surface area contributed by atoms with Crippen LogP contribution in [0.25, 0.3) is 20.9 Å². The summed E-state index contributed by atoms with van der Waals surface area (Å²) < 4.78 is 13.4. The van der Waals surface area contributed by atoms with Gasteiger partial charge in [0.2, 0.25) is 5.89 Å². The molecule has 1 unspecified atom stereocenters. The van der Waals surface area contributed by atoms with E-state index in [0.29, 0.717) is 17.7 Å². The fraction of sp³-hybridized carbons (Fsp3) is 0.318. The third-order valence-electron chi connectivity index (χ3n) is 5.12. The fourth-order valence-corrected chi connectivity index (χ4v) is 6.23. The van der Waals surface area contributed by atoms with E-state index < -0.39 is 0 Å². The number of ether oxygens (including phenoxy) is 1. The van der Waals surface area contributed by atoms with E-state index in [2.05, 4.69) is 33.9 Å². The maximum absolute atomic E-state index is 6.17. The van der Waals surface area contributed by atoms with Gasteiger partial charge >= 0.3 is 0 Å². The van der Waals surface area contributed by atoms with Crippen molar-refractivity contribution in [3.63, 3.8) is 0 Å². The zero-order valence-electron chi connectivity index (χ0n) is 16.1. The number of hydrogen-bond donors (Lipinski definition) is 1. The van der Waals surface area contributed by atoms with Crippen LogP contribution in [0.4, 0.5) is 0 Å². The number of thioether (sulfide) groups is 1. The van der Waals surface area contributed by atoms with Crippen LogP contribution in [0.2, 0.25) is 0 Å². The molecule has 3 aromatic heterocycles. The number of aromatic nitrogens is 1. The highest BCUT2D eigenvalue weighted by molar-refractivity contribution is 8.00. The quantitative estimate of drug-likeness (QED) is 0.395. The largest absolute Gasteiger partial charge is 0.493 e. The van der Waals surface area contributed by atoms with E-state index in [9.17, 15) is 0 Å². The molecule has 0 spiro atoms. The average Bonchev–Trinajstić information content (AvgIpc) is 3.52. The van der Waals surface area contributed by atoms with Gasteiger partial charge in [0.05, 0.1) is 17.2 Å². The van der Waals surface area contributed by atoms with Crippen LogP contribution >= 0.6 is 34.4 Å². The number of nitrogens with one attached hydrogen (secondary N) is 1. The molecule has 1 aliphatic heterocycles. The van der Waals surface area contributed by atoms with Crippen molar-refractivity contribution in [2.24, 2.45) is 0 Å². The van der Waals surface area contributed by atoms with Gasteiger partial charge in [-0.15, -0.1) is 34.4 Å². The number of benzene rings is 1. The van der Waals surface area contributed by atoms with Gasteiger partial charge in [-0.25, -0.2) is 4.98 Å². The van der Waals surface area contributed by atoms with Gasteiger partial charge in [-0.1, -0.05) is 12.1 Å². The van der Waals surface area contributed by atoms with Crippen molar-refractivity contribution in [2.45, 2.75) is 25.0 Å². The van der Waals surface area contributed by atoms with Gasteiger partial charge in [0.1, 0.15) is 11.5 Å². The predicted octanol–water partition coefficient (Wildman–Crippen LogP) is 5.75. The summed E-state index contributed by atoms with van der Waals surface area (Å²) in [6.45, 7) is 3.66. The first kappa shape index (κ1) is 19.2. The van der Waals surface area contributed by atoms with Gasteiger partial charge in [0, 0.05) is 34.2 Å². The van der Waals surface area contributed by atoms with Crippen molar-refractivity contribution < 1.29 is 9.15 Å². The lowest BCUT2D eigenvalue weighted by Gasteiger charge is -2.12. The van der Waals surface area contributed by atoms with E-state index >= 15 is 0 Å². The van der Waals surface area contributed by atoms with Crippen LogP contribution in [0.5, 0.6) is 5.75 Å². The van der Waals surface area contributed by atoms with E-state index in [0.717, 1.165) is 47.3 Å². The van der Waals surface area contributed by atoms with Gasteiger partial charge in [0.15, 0.2) is 0 Å². The molecule has 1 atom stereocenters. The molecule has 29 heavy (non-hydrogen) atoms. The normalized spacial score (nSPS) is 16.7. The molecule has 0 amide bonds. The minimum atomic E-state index is 0.587. The molecule has 1 saturated heterocycles. The number of thiophene rings is 2. The molecule has 1 aromatic carbocycles. The lowest BCUT2D eigenvalue weighted by atomic mass is 10.1. The summed E-state index contributed by atoms with van der Waals surface area (Å²) in [7, 11) is 0. The minimum Gasteiger partial charge on any atom is -0.493 e. The van der Waals surface area contributed by atoms with E-state index in [-0.39, 0.29) is 0 Å². The molecule has 7 heteroatoms. The topological polar surface area (TPSA) is 47.3 Å². The van der Waals surface area contributed by atoms with E-state index in [1.54, 1.807) is 11.3 Å². The van der Waals surface area contributed by atoms with Crippen LogP contribution in [-0.2, 0) is 12.8 Å². The van der Waals surface area contributed by atoms with Crippen molar-refractivity contribution in [1.82, 2.24) is 10.3 Å².